The van der Waals surface area contributed by atoms with Crippen LogP contribution in [-0.4, -0.2) is 31.0 Å². The number of hydrogen-bond acceptors (Lipinski definition) is 2. The summed E-state index contributed by atoms with van der Waals surface area (Å²) < 4.78 is 41.0. The molecule has 0 spiro atoms. The van der Waals surface area contributed by atoms with Crippen LogP contribution in [0, 0.1) is 0 Å². The Morgan fingerprint density at radius 3 is 2.20 bits per heavy atom. The molecule has 2 nitrogen and oxygen atoms in total. The molecule has 0 saturated carbocycles. The third-order valence-corrected chi connectivity index (χ3v) is 2.13. The van der Waals surface area contributed by atoms with Gasteiger partial charge in [-0.15, -0.1) is 0 Å². The highest BCUT2D eigenvalue weighted by molar-refractivity contribution is 4.69. The molecule has 1 unspecified atom stereocenters. The van der Waals surface area contributed by atoms with E-state index in [1.165, 1.54) is 0 Å². The van der Waals surface area contributed by atoms with Gasteiger partial charge in [0.25, 0.3) is 0 Å². The number of halogens is 3. The zero-order valence-corrected chi connectivity index (χ0v) is 9.74. The molecule has 0 radical (unpaired) electrons. The third-order valence-electron chi connectivity index (χ3n) is 2.13. The van der Waals surface area contributed by atoms with E-state index in [1.54, 1.807) is 6.92 Å². The van der Waals surface area contributed by atoms with Crippen molar-refractivity contribution in [2.24, 2.45) is 0 Å². The molecule has 0 aliphatic carbocycles. The van der Waals surface area contributed by atoms with E-state index >= 15 is 0 Å². The predicted molar refractivity (Wildman–Crippen MR) is 53.8 cm³/mol. The van der Waals surface area contributed by atoms with Crippen LogP contribution in [0.2, 0.25) is 0 Å². The fourth-order valence-electron chi connectivity index (χ4n) is 1.09. The molecule has 1 N–H and O–H groups in total. The summed E-state index contributed by atoms with van der Waals surface area (Å²) in [5, 5.41) is 2.32. The van der Waals surface area contributed by atoms with Gasteiger partial charge in [-0.3, -0.25) is 0 Å². The second-order valence-corrected chi connectivity index (χ2v) is 4.29. The molecule has 1 atom stereocenters. The molecule has 0 amide bonds. The predicted octanol–water partition coefficient (Wildman–Crippen LogP) is 2.73. The molecule has 15 heavy (non-hydrogen) atoms. The Morgan fingerprint density at radius 1 is 1.27 bits per heavy atom. The van der Waals surface area contributed by atoms with E-state index in [1.807, 2.05) is 20.8 Å². The van der Waals surface area contributed by atoms with E-state index in [-0.39, 0.29) is 18.2 Å². The molecule has 5 heteroatoms. The minimum Gasteiger partial charge on any atom is -0.371 e. The van der Waals surface area contributed by atoms with Gasteiger partial charge in [0.2, 0.25) is 0 Å². The topological polar surface area (TPSA) is 21.3 Å². The zero-order chi connectivity index (χ0) is 12.1. The zero-order valence-electron chi connectivity index (χ0n) is 9.74. The number of ether oxygens (including phenoxy) is 1. The summed E-state index contributed by atoms with van der Waals surface area (Å²) in [7, 11) is 0. The van der Waals surface area contributed by atoms with Gasteiger partial charge in [-0.1, -0.05) is 6.92 Å². The minimum atomic E-state index is -4.15. The summed E-state index contributed by atoms with van der Waals surface area (Å²) in [6.07, 6.45) is -3.54. The van der Waals surface area contributed by atoms with Crippen LogP contribution in [0.25, 0.3) is 0 Å². The lowest BCUT2D eigenvalue weighted by Gasteiger charge is -2.28. The Balaban J connectivity index is 3.71. The van der Waals surface area contributed by atoms with Crippen molar-refractivity contribution in [3.8, 4) is 0 Å². The third kappa shape index (κ3) is 8.69. The SMILES string of the molecule is CCC(C)(C)OC(C)CNCC(F)(F)F. The summed E-state index contributed by atoms with van der Waals surface area (Å²) in [5.74, 6) is 0. The standard InChI is InChI=1S/C10H20F3NO/c1-5-9(3,4)15-8(2)6-14-7-10(11,12)13/h8,14H,5-7H2,1-4H3. The Hall–Kier alpha value is -0.290. The highest BCUT2D eigenvalue weighted by atomic mass is 19.4. The van der Waals surface area contributed by atoms with E-state index in [9.17, 15) is 13.2 Å². The molecule has 0 aromatic rings. The van der Waals surface area contributed by atoms with E-state index in [0.29, 0.717) is 0 Å². The Kier molecular flexibility index (Phi) is 5.59. The van der Waals surface area contributed by atoms with E-state index in [0.717, 1.165) is 6.42 Å². The van der Waals surface area contributed by atoms with Gasteiger partial charge in [0.05, 0.1) is 18.2 Å². The van der Waals surface area contributed by atoms with Crippen molar-refractivity contribution >= 4 is 0 Å². The van der Waals surface area contributed by atoms with Gasteiger partial charge in [-0.2, -0.15) is 13.2 Å². The molecule has 0 saturated heterocycles. The van der Waals surface area contributed by atoms with Crippen LogP contribution in [0.3, 0.4) is 0 Å². The molecule has 0 aromatic heterocycles. The van der Waals surface area contributed by atoms with Gasteiger partial charge in [0, 0.05) is 6.54 Å². The summed E-state index contributed by atoms with van der Waals surface area (Å²) in [5.41, 5.74) is -0.278. The lowest BCUT2D eigenvalue weighted by atomic mass is 10.1. The highest BCUT2D eigenvalue weighted by Crippen LogP contribution is 2.16. The van der Waals surface area contributed by atoms with E-state index in [2.05, 4.69) is 5.32 Å². The minimum absolute atomic E-state index is 0.211. The maximum atomic E-state index is 11.8. The second kappa shape index (κ2) is 5.70. The molecule has 0 aliphatic heterocycles. The van der Waals surface area contributed by atoms with E-state index < -0.39 is 12.7 Å². The maximum Gasteiger partial charge on any atom is 0.401 e. The second-order valence-electron chi connectivity index (χ2n) is 4.29. The quantitative estimate of drug-likeness (QED) is 0.753. The first kappa shape index (κ1) is 14.7. The number of alkyl halides is 3. The number of rotatable bonds is 6. The van der Waals surface area contributed by atoms with Crippen molar-refractivity contribution in [2.75, 3.05) is 13.1 Å². The highest BCUT2D eigenvalue weighted by Gasteiger charge is 2.27. The summed E-state index contributed by atoms with van der Waals surface area (Å²) >= 11 is 0. The van der Waals surface area contributed by atoms with E-state index in [4.69, 9.17) is 4.74 Å². The van der Waals surface area contributed by atoms with Crippen LogP contribution in [0.1, 0.15) is 34.1 Å². The van der Waals surface area contributed by atoms with Crippen LogP contribution >= 0.6 is 0 Å². The Bertz CT molecular complexity index is 180. The largest absolute Gasteiger partial charge is 0.401 e. The lowest BCUT2D eigenvalue weighted by molar-refractivity contribution is -0.127. The number of nitrogens with one attached hydrogen (secondary N) is 1. The summed E-state index contributed by atoms with van der Waals surface area (Å²) in [6, 6.07) is 0. The van der Waals surface area contributed by atoms with Crippen molar-refractivity contribution in [1.29, 1.82) is 0 Å². The van der Waals surface area contributed by atoms with Gasteiger partial charge < -0.3 is 10.1 Å². The van der Waals surface area contributed by atoms with Gasteiger partial charge >= 0.3 is 6.18 Å². The van der Waals surface area contributed by atoms with Crippen molar-refractivity contribution in [1.82, 2.24) is 5.32 Å². The van der Waals surface area contributed by atoms with Crippen LogP contribution in [0.4, 0.5) is 13.2 Å². The average molecular weight is 227 g/mol. The Morgan fingerprint density at radius 2 is 1.80 bits per heavy atom. The smallest absolute Gasteiger partial charge is 0.371 e. The molecule has 0 heterocycles. The average Bonchev–Trinajstić information content (AvgIpc) is 2.00. The van der Waals surface area contributed by atoms with Crippen molar-refractivity contribution in [2.45, 2.75) is 52.0 Å². The Labute approximate surface area is 89.2 Å². The molecule has 0 fully saturated rings. The monoisotopic (exact) mass is 227 g/mol. The molecular formula is C10H20F3NO. The first-order valence-corrected chi connectivity index (χ1v) is 5.11. The van der Waals surface area contributed by atoms with Crippen molar-refractivity contribution in [3.63, 3.8) is 0 Å². The molecule has 92 valence electrons. The molecule has 0 rings (SSSR count). The lowest BCUT2D eigenvalue weighted by Crippen LogP contribution is -2.38. The van der Waals surface area contributed by atoms with Gasteiger partial charge in [-0.25, -0.2) is 0 Å². The van der Waals surface area contributed by atoms with Crippen LogP contribution in [0.5, 0.6) is 0 Å². The van der Waals surface area contributed by atoms with Crippen molar-refractivity contribution < 1.29 is 17.9 Å². The fraction of sp³-hybridized carbons (Fsp3) is 1.00. The van der Waals surface area contributed by atoms with Gasteiger partial charge in [0.15, 0.2) is 0 Å². The fourth-order valence-corrected chi connectivity index (χ4v) is 1.09. The van der Waals surface area contributed by atoms with Gasteiger partial charge in [0.1, 0.15) is 0 Å². The van der Waals surface area contributed by atoms with Crippen molar-refractivity contribution in [3.05, 3.63) is 0 Å². The first-order valence-electron chi connectivity index (χ1n) is 5.11. The van der Waals surface area contributed by atoms with Gasteiger partial charge in [-0.05, 0) is 27.2 Å². The molecule has 0 aliphatic rings. The molecular weight excluding hydrogens is 207 g/mol. The number of hydrogen-bond donors (Lipinski definition) is 1. The van der Waals surface area contributed by atoms with Crippen LogP contribution in [-0.2, 0) is 4.74 Å². The summed E-state index contributed by atoms with van der Waals surface area (Å²) in [6.45, 7) is 6.84. The first-order chi connectivity index (χ1) is 6.66. The normalized spacial score (nSPS) is 15.4. The molecule has 0 aromatic carbocycles. The van der Waals surface area contributed by atoms with Crippen LogP contribution < -0.4 is 5.32 Å². The maximum absolute atomic E-state index is 11.8. The molecule has 0 bridgehead atoms. The van der Waals surface area contributed by atoms with Crippen LogP contribution in [0.15, 0.2) is 0 Å². The summed E-state index contributed by atoms with van der Waals surface area (Å²) in [4.78, 5) is 0.